The van der Waals surface area contributed by atoms with E-state index in [-0.39, 0.29) is 68.6 Å². The average Bonchev–Trinajstić information content (AvgIpc) is 2.58. The molecule has 0 aromatic carbocycles. The molecule has 0 fully saturated rings. The van der Waals surface area contributed by atoms with Crippen molar-refractivity contribution < 1.29 is 82.8 Å². The van der Waals surface area contributed by atoms with E-state index in [4.69, 9.17) is 20.4 Å². The number of unbranched alkanes of at least 4 members (excludes halogenated alkanes) is 4. The van der Waals surface area contributed by atoms with Crippen molar-refractivity contribution in [1.29, 1.82) is 0 Å². The molecule has 0 radical (unpaired) electrons. The van der Waals surface area contributed by atoms with Gasteiger partial charge in [0.25, 0.3) is 0 Å². The summed E-state index contributed by atoms with van der Waals surface area (Å²) in [6.07, 6.45) is 3.47. The minimum Gasteiger partial charge on any atom is -0.748 e. The summed E-state index contributed by atoms with van der Waals surface area (Å²) in [6.45, 7) is 0.219. The second-order valence-corrected chi connectivity index (χ2v) is 7.51. The van der Waals surface area contributed by atoms with Crippen LogP contribution in [0.1, 0.15) is 64.2 Å². The number of aliphatic hydroxyl groups excluding tert-OH is 4. The number of rotatable bonds is 15. The minimum atomic E-state index is -4.32. The van der Waals surface area contributed by atoms with E-state index in [1.807, 2.05) is 0 Å². The van der Waals surface area contributed by atoms with Gasteiger partial charge in [-0.15, -0.1) is 0 Å². The summed E-state index contributed by atoms with van der Waals surface area (Å²) in [4.78, 5) is 19.5. The third-order valence-corrected chi connectivity index (χ3v) is 3.96. The Labute approximate surface area is 200 Å². The molecule has 0 aliphatic carbocycles. The van der Waals surface area contributed by atoms with Gasteiger partial charge < -0.3 is 44.8 Å². The van der Waals surface area contributed by atoms with Crippen molar-refractivity contribution >= 4 is 22.1 Å². The van der Waals surface area contributed by atoms with E-state index in [9.17, 15) is 32.8 Å². The van der Waals surface area contributed by atoms with Gasteiger partial charge in [0.2, 0.25) is 0 Å². The van der Waals surface area contributed by atoms with Crippen LogP contribution in [0.4, 0.5) is 0 Å². The summed E-state index contributed by atoms with van der Waals surface area (Å²) < 4.78 is 30.3. The Morgan fingerprint density at radius 3 is 1.47 bits per heavy atom. The molecule has 11 nitrogen and oxygen atoms in total. The molecule has 0 aromatic heterocycles. The van der Waals surface area contributed by atoms with Crippen molar-refractivity contribution in [2.75, 3.05) is 25.6 Å². The van der Waals surface area contributed by atoms with E-state index in [1.165, 1.54) is 0 Å². The predicted octanol–water partition coefficient (Wildman–Crippen LogP) is -5.75. The van der Waals surface area contributed by atoms with E-state index in [1.54, 1.807) is 0 Å². The second kappa shape index (κ2) is 26.7. The average molecular weight is 468 g/mol. The molecule has 1 unspecified atom stereocenters. The molecule has 0 rings (SSSR count). The molecule has 0 saturated carbocycles. The summed E-state index contributed by atoms with van der Waals surface area (Å²) in [5, 5.41) is 53.2. The molecular weight excluding hydrogens is 435 g/mol. The van der Waals surface area contributed by atoms with Gasteiger partial charge in [-0.2, -0.15) is 0 Å². The maximum atomic E-state index is 10.1. The maximum Gasteiger partial charge on any atom is 1.00 e. The van der Waals surface area contributed by atoms with Crippen LogP contribution < -0.4 is 39.8 Å². The molecular formula is C17H33NaO11S-2. The Kier molecular flexibility index (Phi) is 33.0. The number of aliphatic hydroxyl groups is 4. The zero-order chi connectivity index (χ0) is 23.1. The monoisotopic (exact) mass is 468 g/mol. The molecule has 4 N–H and O–H groups in total. The van der Waals surface area contributed by atoms with Crippen LogP contribution in [0.25, 0.3) is 0 Å². The van der Waals surface area contributed by atoms with Gasteiger partial charge >= 0.3 is 29.6 Å². The number of hydrogen-bond acceptors (Lipinski definition) is 11. The van der Waals surface area contributed by atoms with Crippen molar-refractivity contribution in [1.82, 2.24) is 0 Å². The van der Waals surface area contributed by atoms with Crippen LogP contribution in [0.15, 0.2) is 0 Å². The van der Waals surface area contributed by atoms with Crippen LogP contribution in [0.3, 0.4) is 0 Å². The van der Waals surface area contributed by atoms with Gasteiger partial charge in [0, 0.05) is 31.8 Å². The van der Waals surface area contributed by atoms with Gasteiger partial charge in [0.05, 0.1) is 22.0 Å². The molecule has 0 aromatic rings. The number of hydrogen-bond donors (Lipinski definition) is 4. The number of carboxylic acid groups (broad SMARTS) is 2. The molecule has 13 heteroatoms. The van der Waals surface area contributed by atoms with Gasteiger partial charge in [-0.1, -0.05) is 6.42 Å². The molecule has 0 aliphatic rings. The quantitative estimate of drug-likeness (QED) is 0.101. The van der Waals surface area contributed by atoms with Crippen LogP contribution in [0.5, 0.6) is 0 Å². The molecule has 1 atom stereocenters. The van der Waals surface area contributed by atoms with Crippen LogP contribution in [-0.4, -0.2) is 77.0 Å². The Morgan fingerprint density at radius 2 is 1.10 bits per heavy atom. The summed E-state index contributed by atoms with van der Waals surface area (Å²) in [5.41, 5.74) is 0. The molecule has 0 bridgehead atoms. The molecule has 0 heterocycles. The number of carbonyl (C=O) groups is 2. The number of aliphatic carboxylic acids is 2. The van der Waals surface area contributed by atoms with Crippen molar-refractivity contribution in [2.24, 2.45) is 0 Å². The van der Waals surface area contributed by atoms with Gasteiger partial charge in [0.1, 0.15) is 0 Å². The first-order valence-corrected chi connectivity index (χ1v) is 10.9. The zero-order valence-corrected chi connectivity index (χ0v) is 20.3. The minimum absolute atomic E-state index is 0. The Morgan fingerprint density at radius 1 is 0.733 bits per heavy atom. The summed E-state index contributed by atoms with van der Waals surface area (Å²) >= 11 is 0. The fourth-order valence-electron chi connectivity index (χ4n) is 1.75. The van der Waals surface area contributed by atoms with Gasteiger partial charge in [0.15, 0.2) is 0 Å². The summed E-state index contributed by atoms with van der Waals surface area (Å²) in [7, 11) is -4.32. The van der Waals surface area contributed by atoms with E-state index in [2.05, 4.69) is 0 Å². The van der Waals surface area contributed by atoms with Gasteiger partial charge in [-0.25, -0.2) is 8.42 Å². The maximum absolute atomic E-state index is 10.1. The summed E-state index contributed by atoms with van der Waals surface area (Å²) in [6, 6.07) is 0. The molecule has 176 valence electrons. The Balaban J connectivity index is -0.000000170. The molecule has 0 spiro atoms. The Bertz CT molecular complexity index is 486. The van der Waals surface area contributed by atoms with Crippen LogP contribution >= 0.6 is 0 Å². The first kappa shape index (κ1) is 37.0. The molecule has 0 amide bonds. The van der Waals surface area contributed by atoms with Crippen molar-refractivity contribution in [3.63, 3.8) is 0 Å². The molecule has 0 saturated heterocycles. The molecule has 0 aliphatic heterocycles. The van der Waals surface area contributed by atoms with Crippen LogP contribution in [0.2, 0.25) is 0 Å². The molecule has 30 heavy (non-hydrogen) atoms. The van der Waals surface area contributed by atoms with Crippen LogP contribution in [-0.2, 0) is 19.7 Å². The number of carboxylic acids is 2. The smallest absolute Gasteiger partial charge is 0.748 e. The first-order chi connectivity index (χ1) is 13.5. The van der Waals surface area contributed by atoms with E-state index in [0.29, 0.717) is 38.5 Å². The predicted molar refractivity (Wildman–Crippen MR) is 98.0 cm³/mol. The SMILES string of the molecule is O=C([O-])CCCCCO.O=C([O-])CCCCO.O=S(=O)([O-])CC(O)CCCCO.[Na+]. The van der Waals surface area contributed by atoms with Gasteiger partial charge in [-0.3, -0.25) is 0 Å². The van der Waals surface area contributed by atoms with E-state index < -0.39 is 33.9 Å². The van der Waals surface area contributed by atoms with Crippen LogP contribution in [0, 0.1) is 0 Å². The second-order valence-electron chi connectivity index (χ2n) is 6.06. The fraction of sp³-hybridized carbons (Fsp3) is 0.882. The van der Waals surface area contributed by atoms with Gasteiger partial charge in [-0.05, 0) is 57.8 Å². The number of carbonyl (C=O) groups excluding carboxylic acids is 2. The third-order valence-electron chi connectivity index (χ3n) is 3.17. The van der Waals surface area contributed by atoms with Crippen molar-refractivity contribution in [2.45, 2.75) is 70.3 Å². The summed E-state index contributed by atoms with van der Waals surface area (Å²) in [5.74, 6) is -2.79. The Hall–Kier alpha value is -0.310. The normalized spacial score (nSPS) is 11.1. The van der Waals surface area contributed by atoms with Crippen molar-refractivity contribution in [3.8, 4) is 0 Å². The first-order valence-electron chi connectivity index (χ1n) is 9.34. The van der Waals surface area contributed by atoms with E-state index >= 15 is 0 Å². The topological polar surface area (TPSA) is 218 Å². The van der Waals surface area contributed by atoms with E-state index in [0.717, 1.165) is 6.42 Å². The van der Waals surface area contributed by atoms with Crippen molar-refractivity contribution in [3.05, 3.63) is 0 Å². The fourth-order valence-corrected chi connectivity index (χ4v) is 2.39. The third kappa shape index (κ3) is 46.1. The largest absolute Gasteiger partial charge is 1.00 e. The zero-order valence-electron chi connectivity index (χ0n) is 17.5. The standard InChI is InChI=1S/C6H14O5S.C6H12O3.C5H10O3.Na/c7-4-2-1-3-6(8)5-12(9,10)11;7-5-3-1-2-4-6(8)9;6-4-2-1-3-5(7)8;/h6-8H,1-5H2,(H,9,10,11);7H,1-5H2,(H,8,9);6H,1-4H2,(H,7,8);/q;;;+1/p-3.